The van der Waals surface area contributed by atoms with E-state index in [1.165, 1.54) is 0 Å². The van der Waals surface area contributed by atoms with Crippen molar-refractivity contribution in [3.8, 4) is 0 Å². The van der Waals surface area contributed by atoms with Crippen LogP contribution in [0.1, 0.15) is 6.42 Å². The van der Waals surface area contributed by atoms with Crippen LogP contribution in [-0.2, 0) is 0 Å². The third kappa shape index (κ3) is 1.91. The van der Waals surface area contributed by atoms with E-state index in [2.05, 4.69) is 0 Å². The molecule has 0 heterocycles. The van der Waals surface area contributed by atoms with Crippen molar-refractivity contribution < 1.29 is 0 Å². The fourth-order valence-electron chi connectivity index (χ4n) is 0.731. The van der Waals surface area contributed by atoms with Gasteiger partial charge in [0.15, 0.2) is 0 Å². The smallest absolute Gasteiger partial charge is 0.0799 e. The number of hydrogen-bond donors (Lipinski definition) is 0. The maximum atomic E-state index is 6.00. The van der Waals surface area contributed by atoms with E-state index in [0.29, 0.717) is 12.3 Å². The maximum Gasteiger partial charge on any atom is 0.0799 e. The first-order chi connectivity index (χ1) is 4.66. The molecule has 0 saturated heterocycles. The second-order valence-electron chi connectivity index (χ2n) is 2.29. The van der Waals surface area contributed by atoms with Crippen molar-refractivity contribution in [3.63, 3.8) is 0 Å². The van der Waals surface area contributed by atoms with Crippen LogP contribution in [0.5, 0.6) is 0 Å². The van der Waals surface area contributed by atoms with E-state index in [1.54, 1.807) is 6.08 Å². The monoisotopic (exact) mass is 196 g/mol. The molecule has 0 bridgehead atoms. The highest BCUT2D eigenvalue weighted by Gasteiger charge is 2.23. The largest absolute Gasteiger partial charge is 0.124 e. The molecule has 1 atom stereocenters. The Bertz CT molecular complexity index is 183. The molecule has 0 aromatic heterocycles. The lowest BCUT2D eigenvalue weighted by Crippen LogP contribution is -2.20. The van der Waals surface area contributed by atoms with Gasteiger partial charge in [0, 0.05) is 10.9 Å². The zero-order chi connectivity index (χ0) is 7.61. The highest BCUT2D eigenvalue weighted by atomic mass is 35.5. The van der Waals surface area contributed by atoms with E-state index in [1.807, 2.05) is 12.2 Å². The molecule has 3 heteroatoms. The van der Waals surface area contributed by atoms with E-state index < -0.39 is 4.87 Å². The van der Waals surface area contributed by atoms with Crippen LogP contribution in [0.15, 0.2) is 23.3 Å². The zero-order valence-corrected chi connectivity index (χ0v) is 7.55. The van der Waals surface area contributed by atoms with Gasteiger partial charge in [-0.1, -0.05) is 23.8 Å². The van der Waals surface area contributed by atoms with Crippen molar-refractivity contribution in [2.75, 3.05) is 5.88 Å². The quantitative estimate of drug-likeness (QED) is 0.566. The SMILES string of the molecule is ClCC1(Cl)C=CC(Cl)=CC1. The summed E-state index contributed by atoms with van der Waals surface area (Å²) in [6.07, 6.45) is 6.20. The van der Waals surface area contributed by atoms with E-state index in [0.717, 1.165) is 5.03 Å². The van der Waals surface area contributed by atoms with Crippen LogP contribution in [-0.4, -0.2) is 10.8 Å². The molecule has 0 amide bonds. The predicted octanol–water partition coefficient (Wildman–Crippen LogP) is 3.29. The molecule has 1 rings (SSSR count). The van der Waals surface area contributed by atoms with Crippen LogP contribution < -0.4 is 0 Å². The lowest BCUT2D eigenvalue weighted by atomic mass is 10.0. The average Bonchev–Trinajstić information content (AvgIpc) is 1.96. The average molecular weight is 197 g/mol. The van der Waals surface area contributed by atoms with Gasteiger partial charge in [0.1, 0.15) is 0 Å². The lowest BCUT2D eigenvalue weighted by Gasteiger charge is -2.20. The number of hydrogen-bond acceptors (Lipinski definition) is 0. The number of allylic oxidation sites excluding steroid dienone is 4. The third-order valence-electron chi connectivity index (χ3n) is 1.40. The fraction of sp³-hybridized carbons (Fsp3) is 0.429. The van der Waals surface area contributed by atoms with Gasteiger partial charge in [-0.3, -0.25) is 0 Å². The van der Waals surface area contributed by atoms with E-state index in [-0.39, 0.29) is 0 Å². The number of alkyl halides is 2. The van der Waals surface area contributed by atoms with Crippen molar-refractivity contribution in [1.29, 1.82) is 0 Å². The third-order valence-corrected chi connectivity index (χ3v) is 2.71. The van der Waals surface area contributed by atoms with Gasteiger partial charge < -0.3 is 0 Å². The van der Waals surface area contributed by atoms with Crippen LogP contribution in [0.3, 0.4) is 0 Å². The fourth-order valence-corrected chi connectivity index (χ4v) is 1.21. The molecule has 0 radical (unpaired) electrons. The Balaban J connectivity index is 2.67. The molecule has 1 aliphatic rings. The molecule has 0 N–H and O–H groups in total. The predicted molar refractivity (Wildman–Crippen MR) is 47.0 cm³/mol. The summed E-state index contributed by atoms with van der Waals surface area (Å²) in [7, 11) is 0. The van der Waals surface area contributed by atoms with E-state index >= 15 is 0 Å². The molecule has 0 nitrogen and oxygen atoms in total. The minimum absolute atomic E-state index is 0.403. The standard InChI is InChI=1S/C7H7Cl3/c8-5-7(10)3-1-6(9)2-4-7/h1-3H,4-5H2. The minimum atomic E-state index is -0.403. The Labute approximate surface area is 75.5 Å². The van der Waals surface area contributed by atoms with E-state index in [4.69, 9.17) is 34.8 Å². The zero-order valence-electron chi connectivity index (χ0n) is 5.28. The molecule has 0 fully saturated rings. The van der Waals surface area contributed by atoms with Crippen molar-refractivity contribution in [1.82, 2.24) is 0 Å². The summed E-state index contributed by atoms with van der Waals surface area (Å²) in [5.41, 5.74) is 0. The van der Waals surface area contributed by atoms with Crippen LogP contribution >= 0.6 is 34.8 Å². The first-order valence-electron chi connectivity index (χ1n) is 2.96. The Morgan fingerprint density at radius 1 is 1.60 bits per heavy atom. The summed E-state index contributed by atoms with van der Waals surface area (Å²) in [6, 6.07) is 0. The molecule has 1 unspecified atom stereocenters. The molecule has 10 heavy (non-hydrogen) atoms. The van der Waals surface area contributed by atoms with Gasteiger partial charge in [-0.25, -0.2) is 0 Å². The first-order valence-corrected chi connectivity index (χ1v) is 4.25. The normalized spacial score (nSPS) is 32.1. The molecule has 0 saturated carbocycles. The number of rotatable bonds is 1. The minimum Gasteiger partial charge on any atom is -0.124 e. The van der Waals surface area contributed by atoms with Crippen LogP contribution in [0.4, 0.5) is 0 Å². The van der Waals surface area contributed by atoms with E-state index in [9.17, 15) is 0 Å². The highest BCUT2D eigenvalue weighted by molar-refractivity contribution is 6.34. The van der Waals surface area contributed by atoms with Gasteiger partial charge in [0.2, 0.25) is 0 Å². The Morgan fingerprint density at radius 3 is 2.70 bits per heavy atom. The molecule has 0 aliphatic heterocycles. The van der Waals surface area contributed by atoms with Crippen LogP contribution in [0, 0.1) is 0 Å². The van der Waals surface area contributed by atoms with Crippen molar-refractivity contribution in [3.05, 3.63) is 23.3 Å². The van der Waals surface area contributed by atoms with Gasteiger partial charge in [0.05, 0.1) is 4.87 Å². The summed E-state index contributed by atoms with van der Waals surface area (Å²) in [5, 5.41) is 0.737. The highest BCUT2D eigenvalue weighted by Crippen LogP contribution is 2.29. The van der Waals surface area contributed by atoms with Crippen LogP contribution in [0.2, 0.25) is 0 Å². The van der Waals surface area contributed by atoms with Gasteiger partial charge in [-0.15, -0.1) is 23.2 Å². The first kappa shape index (κ1) is 8.45. The van der Waals surface area contributed by atoms with Gasteiger partial charge >= 0.3 is 0 Å². The van der Waals surface area contributed by atoms with Crippen molar-refractivity contribution in [2.45, 2.75) is 11.3 Å². The molecule has 56 valence electrons. The summed E-state index contributed by atoms with van der Waals surface area (Å²) >= 11 is 17.3. The Hall–Kier alpha value is 0.350. The van der Waals surface area contributed by atoms with Gasteiger partial charge in [-0.2, -0.15) is 0 Å². The Kier molecular flexibility index (Phi) is 2.67. The van der Waals surface area contributed by atoms with Gasteiger partial charge in [0.25, 0.3) is 0 Å². The molecule has 0 spiro atoms. The Morgan fingerprint density at radius 2 is 2.30 bits per heavy atom. The lowest BCUT2D eigenvalue weighted by molar-refractivity contribution is 0.789. The topological polar surface area (TPSA) is 0 Å². The van der Waals surface area contributed by atoms with Crippen molar-refractivity contribution in [2.24, 2.45) is 0 Å². The molecular weight excluding hydrogens is 190 g/mol. The second-order valence-corrected chi connectivity index (χ2v) is 3.75. The molecule has 0 aromatic carbocycles. The number of halogens is 3. The second kappa shape index (κ2) is 3.17. The summed E-state index contributed by atoms with van der Waals surface area (Å²) in [4.78, 5) is -0.403. The van der Waals surface area contributed by atoms with Crippen LogP contribution in [0.25, 0.3) is 0 Å². The molecule has 0 aromatic rings. The summed E-state index contributed by atoms with van der Waals surface area (Å²) in [6.45, 7) is 0. The molecule has 1 aliphatic carbocycles. The van der Waals surface area contributed by atoms with Crippen molar-refractivity contribution >= 4 is 34.8 Å². The summed E-state index contributed by atoms with van der Waals surface area (Å²) < 4.78 is 0. The summed E-state index contributed by atoms with van der Waals surface area (Å²) in [5.74, 6) is 0.422. The van der Waals surface area contributed by atoms with Gasteiger partial charge in [-0.05, 0) is 12.5 Å². The maximum absolute atomic E-state index is 6.00. The molecular formula is C7H7Cl3.